The number of hydrogen-bond acceptors (Lipinski definition) is 7. The average Bonchev–Trinajstić information content (AvgIpc) is 2.80. The van der Waals surface area contributed by atoms with Crippen LogP contribution in [0.4, 0.5) is 21.9 Å². The fourth-order valence-electron chi connectivity index (χ4n) is 4.27. The number of nitrogens with zero attached hydrogens (tertiary/aromatic N) is 3. The maximum atomic E-state index is 12.3. The normalized spacial score (nSPS) is 18.0. The second-order valence-corrected chi connectivity index (χ2v) is 7.80. The maximum Gasteiger partial charge on any atom is 0.409 e. The Morgan fingerprint density at radius 3 is 2.23 bits per heavy atom. The van der Waals surface area contributed by atoms with Crippen LogP contribution >= 0.6 is 0 Å². The summed E-state index contributed by atoms with van der Waals surface area (Å²) in [5, 5.41) is 3.29. The molecular weight excluding hydrogens is 384 g/mol. The van der Waals surface area contributed by atoms with E-state index in [9.17, 15) is 14.4 Å². The van der Waals surface area contributed by atoms with Crippen LogP contribution in [0.3, 0.4) is 0 Å². The van der Waals surface area contributed by atoms with Crippen LogP contribution in [0.25, 0.3) is 0 Å². The number of piperazine rings is 1. The van der Waals surface area contributed by atoms with E-state index in [1.165, 1.54) is 5.69 Å². The lowest BCUT2D eigenvalue weighted by Crippen LogP contribution is -2.52. The lowest BCUT2D eigenvalue weighted by atomic mass is 10.0. The van der Waals surface area contributed by atoms with Crippen LogP contribution in [0.15, 0.2) is 39.9 Å². The molecule has 8 heteroatoms. The van der Waals surface area contributed by atoms with Crippen molar-refractivity contribution in [3.05, 3.63) is 50.8 Å². The lowest BCUT2D eigenvalue weighted by molar-refractivity contribution is 0.0983. The van der Waals surface area contributed by atoms with Crippen molar-refractivity contribution in [1.29, 1.82) is 0 Å². The minimum atomic E-state index is -0.427. The molecule has 0 saturated carbocycles. The van der Waals surface area contributed by atoms with Crippen LogP contribution in [0.2, 0.25) is 0 Å². The molecule has 0 radical (unpaired) electrons. The van der Waals surface area contributed by atoms with Crippen molar-refractivity contribution in [3.63, 3.8) is 0 Å². The van der Waals surface area contributed by atoms with Crippen LogP contribution in [-0.4, -0.2) is 62.9 Å². The summed E-state index contributed by atoms with van der Waals surface area (Å²) in [6, 6.07) is 10.3. The Kier molecular flexibility index (Phi) is 5.92. The molecule has 2 aromatic rings. The molecule has 2 saturated heterocycles. The second kappa shape index (κ2) is 8.77. The van der Waals surface area contributed by atoms with Crippen molar-refractivity contribution >= 4 is 23.2 Å². The van der Waals surface area contributed by atoms with Gasteiger partial charge in [-0.3, -0.25) is 9.59 Å². The topological polar surface area (TPSA) is 82.2 Å². The fourth-order valence-corrected chi connectivity index (χ4v) is 4.27. The molecule has 1 amide bonds. The third-order valence-corrected chi connectivity index (χ3v) is 5.97. The number of rotatable bonds is 5. The molecular formula is C22H28N4O4. The molecule has 0 bridgehead atoms. The first-order valence-electron chi connectivity index (χ1n) is 10.6. The van der Waals surface area contributed by atoms with Gasteiger partial charge in [0.1, 0.15) is 11.4 Å². The summed E-state index contributed by atoms with van der Waals surface area (Å²) in [6.07, 6.45) is 1.15. The van der Waals surface area contributed by atoms with E-state index in [4.69, 9.17) is 4.74 Å². The summed E-state index contributed by atoms with van der Waals surface area (Å²) >= 11 is 0. The number of anilines is 3. The minimum Gasteiger partial charge on any atom is -0.450 e. The number of carbonyl (C=O) groups excluding carboxylic acids is 1. The highest BCUT2D eigenvalue weighted by Crippen LogP contribution is 2.26. The molecule has 1 N–H and O–H groups in total. The number of para-hydroxylation sites is 1. The van der Waals surface area contributed by atoms with Gasteiger partial charge < -0.3 is 24.8 Å². The molecule has 2 aliphatic heterocycles. The highest BCUT2D eigenvalue weighted by molar-refractivity contribution is 5.76. The largest absolute Gasteiger partial charge is 0.450 e. The highest BCUT2D eigenvalue weighted by atomic mass is 16.6. The monoisotopic (exact) mass is 412 g/mol. The summed E-state index contributed by atoms with van der Waals surface area (Å²) in [5.41, 5.74) is 1.33. The van der Waals surface area contributed by atoms with Gasteiger partial charge in [-0.15, -0.1) is 0 Å². The lowest BCUT2D eigenvalue weighted by Gasteiger charge is -2.39. The van der Waals surface area contributed by atoms with Crippen molar-refractivity contribution in [2.75, 3.05) is 61.0 Å². The number of ether oxygens (including phenoxy) is 1. The van der Waals surface area contributed by atoms with Crippen LogP contribution in [0, 0.1) is 0 Å². The van der Waals surface area contributed by atoms with Gasteiger partial charge in [-0.1, -0.05) is 18.2 Å². The zero-order valence-electron chi connectivity index (χ0n) is 17.3. The average molecular weight is 412 g/mol. The van der Waals surface area contributed by atoms with Crippen molar-refractivity contribution in [3.8, 4) is 0 Å². The summed E-state index contributed by atoms with van der Waals surface area (Å²) in [6.45, 7) is 6.33. The van der Waals surface area contributed by atoms with Gasteiger partial charge in [-0.2, -0.15) is 0 Å². The van der Waals surface area contributed by atoms with Crippen LogP contribution in [0.1, 0.15) is 19.8 Å². The quantitative estimate of drug-likeness (QED) is 0.748. The van der Waals surface area contributed by atoms with Crippen molar-refractivity contribution < 1.29 is 9.53 Å². The third-order valence-electron chi connectivity index (χ3n) is 5.97. The van der Waals surface area contributed by atoms with Gasteiger partial charge in [-0.25, -0.2) is 4.79 Å². The standard InChI is InChI=1S/C22H28N4O4/c1-2-30-22(29)26-10-8-16(9-11-26)23-18-19(21(28)20(18)27)25-14-12-24(13-15-25)17-6-4-3-5-7-17/h3-7,16,23H,2,8-15H2,1H3. The van der Waals surface area contributed by atoms with Gasteiger partial charge >= 0.3 is 6.09 Å². The van der Waals surface area contributed by atoms with Gasteiger partial charge in [0.15, 0.2) is 0 Å². The van der Waals surface area contributed by atoms with Crippen molar-refractivity contribution in [1.82, 2.24) is 4.90 Å². The molecule has 30 heavy (non-hydrogen) atoms. The van der Waals surface area contributed by atoms with Gasteiger partial charge in [-0.05, 0) is 31.9 Å². The molecule has 2 aliphatic rings. The Hall–Kier alpha value is -3.03. The Morgan fingerprint density at radius 1 is 0.967 bits per heavy atom. The first-order valence-corrected chi connectivity index (χ1v) is 10.6. The molecule has 0 spiro atoms. The molecule has 0 atom stereocenters. The molecule has 0 aromatic heterocycles. The molecule has 2 fully saturated rings. The number of hydrogen-bond donors (Lipinski definition) is 1. The minimum absolute atomic E-state index is 0.0725. The Balaban J connectivity index is 1.35. The molecule has 2 heterocycles. The van der Waals surface area contributed by atoms with Crippen molar-refractivity contribution in [2.45, 2.75) is 25.8 Å². The summed E-state index contributed by atoms with van der Waals surface area (Å²) < 4.78 is 5.05. The zero-order chi connectivity index (χ0) is 21.1. The van der Waals surface area contributed by atoms with Gasteiger partial charge in [0, 0.05) is 51.0 Å². The molecule has 4 rings (SSSR count). The summed E-state index contributed by atoms with van der Waals surface area (Å²) in [4.78, 5) is 42.4. The second-order valence-electron chi connectivity index (χ2n) is 7.80. The molecule has 2 aromatic carbocycles. The van der Waals surface area contributed by atoms with E-state index in [1.807, 2.05) is 23.1 Å². The Labute approximate surface area is 175 Å². The van der Waals surface area contributed by atoms with Gasteiger partial charge in [0.2, 0.25) is 0 Å². The maximum absolute atomic E-state index is 12.3. The number of amides is 1. The van der Waals surface area contributed by atoms with E-state index in [0.29, 0.717) is 44.2 Å². The number of nitrogens with one attached hydrogen (secondary N) is 1. The first-order chi connectivity index (χ1) is 14.6. The summed E-state index contributed by atoms with van der Waals surface area (Å²) in [7, 11) is 0. The van der Waals surface area contributed by atoms with Gasteiger partial charge in [0.05, 0.1) is 6.61 Å². The van der Waals surface area contributed by atoms with E-state index >= 15 is 0 Å². The Bertz CT molecular complexity index is 938. The predicted molar refractivity (Wildman–Crippen MR) is 117 cm³/mol. The SMILES string of the molecule is CCOC(=O)N1CCC(Nc2c(N3CCN(c4ccccc4)CC3)c(=O)c2=O)CC1. The molecule has 0 aliphatic carbocycles. The fraction of sp³-hybridized carbons (Fsp3) is 0.500. The third kappa shape index (κ3) is 3.99. The number of carbonyl (C=O) groups is 1. The number of likely N-dealkylation sites (tertiary alicyclic amines) is 1. The van der Waals surface area contributed by atoms with E-state index in [0.717, 1.165) is 25.9 Å². The van der Waals surface area contributed by atoms with Crippen LogP contribution in [-0.2, 0) is 4.74 Å². The Morgan fingerprint density at radius 2 is 1.60 bits per heavy atom. The predicted octanol–water partition coefficient (Wildman–Crippen LogP) is 1.64. The first kappa shape index (κ1) is 20.3. The molecule has 160 valence electrons. The van der Waals surface area contributed by atoms with E-state index in [1.54, 1.807) is 11.8 Å². The van der Waals surface area contributed by atoms with E-state index in [-0.39, 0.29) is 12.1 Å². The van der Waals surface area contributed by atoms with Crippen molar-refractivity contribution in [2.24, 2.45) is 0 Å². The molecule has 0 unspecified atom stereocenters. The van der Waals surface area contributed by atoms with E-state index < -0.39 is 10.9 Å². The number of piperidine rings is 1. The summed E-state index contributed by atoms with van der Waals surface area (Å²) in [5.74, 6) is 0. The molecule has 8 nitrogen and oxygen atoms in total. The van der Waals surface area contributed by atoms with Crippen LogP contribution in [0.5, 0.6) is 0 Å². The number of benzene rings is 1. The smallest absolute Gasteiger partial charge is 0.409 e. The van der Waals surface area contributed by atoms with Crippen LogP contribution < -0.4 is 26.0 Å². The van der Waals surface area contributed by atoms with E-state index in [2.05, 4.69) is 22.3 Å². The highest BCUT2D eigenvalue weighted by Gasteiger charge is 2.31. The zero-order valence-corrected chi connectivity index (χ0v) is 17.3. The van der Waals surface area contributed by atoms with Gasteiger partial charge in [0.25, 0.3) is 10.9 Å².